The second-order valence-corrected chi connectivity index (χ2v) is 8.19. The highest BCUT2D eigenvalue weighted by Crippen LogP contribution is 2.17. The van der Waals surface area contributed by atoms with Crippen LogP contribution in [0.1, 0.15) is 117 Å². The molecule has 1 atom stereocenters. The van der Waals surface area contributed by atoms with Gasteiger partial charge in [-0.15, -0.1) is 11.6 Å². The summed E-state index contributed by atoms with van der Waals surface area (Å²) >= 11 is 6.29. The Kier molecular flexibility index (Phi) is 22.1. The molecule has 0 saturated heterocycles. The molecule has 0 aliphatic carbocycles. The van der Waals surface area contributed by atoms with E-state index in [1.54, 1.807) is 0 Å². The molecule has 0 aromatic heterocycles. The summed E-state index contributed by atoms with van der Waals surface area (Å²) in [6, 6.07) is 12.0. The van der Waals surface area contributed by atoms with Gasteiger partial charge in [-0.25, -0.2) is 0 Å². The molecule has 0 aliphatic rings. The van der Waals surface area contributed by atoms with E-state index in [-0.39, 0.29) is 0 Å². The summed E-state index contributed by atoms with van der Waals surface area (Å²) in [4.78, 5) is 0. The van der Waals surface area contributed by atoms with Crippen molar-refractivity contribution in [3.8, 4) is 0 Å². The minimum Gasteiger partial charge on any atom is -0.123 e. The van der Waals surface area contributed by atoms with Gasteiger partial charge in [-0.1, -0.05) is 140 Å². The summed E-state index contributed by atoms with van der Waals surface area (Å²) in [7, 11) is 0. The molecule has 0 N–H and O–H groups in total. The lowest BCUT2D eigenvalue weighted by Crippen LogP contribution is -1.97. The Labute approximate surface area is 170 Å². The molecule has 0 bridgehead atoms. The van der Waals surface area contributed by atoms with Gasteiger partial charge < -0.3 is 0 Å². The van der Waals surface area contributed by atoms with Gasteiger partial charge in [0.15, 0.2) is 0 Å². The van der Waals surface area contributed by atoms with Crippen molar-refractivity contribution in [1.82, 2.24) is 0 Å². The minimum absolute atomic E-state index is 0.443. The van der Waals surface area contributed by atoms with Crippen LogP contribution in [0.15, 0.2) is 36.4 Å². The van der Waals surface area contributed by atoms with Crippen LogP contribution in [0.2, 0.25) is 0 Å². The Morgan fingerprint density at radius 1 is 0.462 bits per heavy atom. The predicted octanol–water partition coefficient (Wildman–Crippen LogP) is 9.56. The van der Waals surface area contributed by atoms with Crippen molar-refractivity contribution >= 4 is 11.6 Å². The van der Waals surface area contributed by atoms with Crippen molar-refractivity contribution in [3.63, 3.8) is 0 Å². The molecule has 1 heteroatoms. The minimum atomic E-state index is 0.443. The maximum absolute atomic E-state index is 6.29. The van der Waals surface area contributed by atoms with Gasteiger partial charge in [0.05, 0.1) is 0 Å². The van der Waals surface area contributed by atoms with E-state index in [4.69, 9.17) is 11.6 Å². The van der Waals surface area contributed by atoms with E-state index in [0.717, 1.165) is 0 Å². The SMILES string of the molecule is CCCCCCCCCCCCCCC(Cl)CCCC.c1ccccc1. The number of unbranched alkanes of at least 4 members (excludes halogenated alkanes) is 12. The van der Waals surface area contributed by atoms with E-state index in [0.29, 0.717) is 5.38 Å². The second-order valence-electron chi connectivity index (χ2n) is 7.57. The fraction of sp³-hybridized carbons (Fsp3) is 0.760. The van der Waals surface area contributed by atoms with E-state index >= 15 is 0 Å². The third-order valence-electron chi connectivity index (χ3n) is 4.91. The largest absolute Gasteiger partial charge is 0.123 e. The molecule has 0 spiro atoms. The smallest absolute Gasteiger partial charge is 0.0336 e. The van der Waals surface area contributed by atoms with Crippen molar-refractivity contribution in [2.24, 2.45) is 0 Å². The molecular formula is C25H45Cl. The zero-order valence-corrected chi connectivity index (χ0v) is 18.5. The van der Waals surface area contributed by atoms with E-state index in [1.165, 1.54) is 103 Å². The lowest BCUT2D eigenvalue weighted by atomic mass is 10.0. The Hall–Kier alpha value is -0.490. The van der Waals surface area contributed by atoms with E-state index in [1.807, 2.05) is 36.4 Å². The van der Waals surface area contributed by atoms with Crippen LogP contribution in [0.3, 0.4) is 0 Å². The van der Waals surface area contributed by atoms with Crippen molar-refractivity contribution in [2.45, 2.75) is 122 Å². The molecule has 0 aliphatic heterocycles. The molecule has 1 rings (SSSR count). The lowest BCUT2D eigenvalue weighted by Gasteiger charge is -2.08. The fourth-order valence-electron chi connectivity index (χ4n) is 3.16. The number of rotatable bonds is 16. The highest BCUT2D eigenvalue weighted by Gasteiger charge is 2.03. The molecule has 0 radical (unpaired) electrons. The number of halogens is 1. The van der Waals surface area contributed by atoms with Gasteiger partial charge in [-0.05, 0) is 12.8 Å². The van der Waals surface area contributed by atoms with Gasteiger partial charge in [0.2, 0.25) is 0 Å². The van der Waals surface area contributed by atoms with Crippen LogP contribution in [0, 0.1) is 0 Å². The molecule has 0 nitrogen and oxygen atoms in total. The Bertz CT molecular complexity index is 309. The van der Waals surface area contributed by atoms with E-state index in [9.17, 15) is 0 Å². The van der Waals surface area contributed by atoms with Crippen LogP contribution in [0.4, 0.5) is 0 Å². The van der Waals surface area contributed by atoms with Crippen molar-refractivity contribution in [3.05, 3.63) is 36.4 Å². The Balaban J connectivity index is 0.000000867. The first-order valence-corrected chi connectivity index (χ1v) is 11.9. The molecule has 1 unspecified atom stereocenters. The van der Waals surface area contributed by atoms with Gasteiger partial charge in [-0.3, -0.25) is 0 Å². The topological polar surface area (TPSA) is 0 Å². The first-order valence-electron chi connectivity index (χ1n) is 11.4. The second kappa shape index (κ2) is 22.6. The Morgan fingerprint density at radius 2 is 0.769 bits per heavy atom. The van der Waals surface area contributed by atoms with Crippen LogP contribution in [0.25, 0.3) is 0 Å². The quantitative estimate of drug-likeness (QED) is 0.198. The number of benzene rings is 1. The molecule has 0 heterocycles. The average molecular weight is 381 g/mol. The van der Waals surface area contributed by atoms with E-state index < -0.39 is 0 Å². The lowest BCUT2D eigenvalue weighted by molar-refractivity contribution is 0.530. The molecular weight excluding hydrogens is 336 g/mol. The molecule has 0 fully saturated rings. The number of alkyl halides is 1. The maximum atomic E-state index is 6.29. The van der Waals surface area contributed by atoms with Crippen molar-refractivity contribution in [2.75, 3.05) is 0 Å². The molecule has 26 heavy (non-hydrogen) atoms. The van der Waals surface area contributed by atoms with Gasteiger partial charge in [0.1, 0.15) is 0 Å². The monoisotopic (exact) mass is 380 g/mol. The van der Waals surface area contributed by atoms with Crippen LogP contribution in [-0.4, -0.2) is 5.38 Å². The summed E-state index contributed by atoms with van der Waals surface area (Å²) in [5.74, 6) is 0. The highest BCUT2D eigenvalue weighted by atomic mass is 35.5. The van der Waals surface area contributed by atoms with E-state index in [2.05, 4.69) is 13.8 Å². The third kappa shape index (κ3) is 21.6. The van der Waals surface area contributed by atoms with Gasteiger partial charge in [0.25, 0.3) is 0 Å². The van der Waals surface area contributed by atoms with Gasteiger partial charge >= 0.3 is 0 Å². The zero-order valence-electron chi connectivity index (χ0n) is 17.7. The molecule has 0 saturated carbocycles. The third-order valence-corrected chi connectivity index (χ3v) is 5.34. The van der Waals surface area contributed by atoms with Gasteiger partial charge in [0, 0.05) is 5.38 Å². The summed E-state index contributed by atoms with van der Waals surface area (Å²) < 4.78 is 0. The summed E-state index contributed by atoms with van der Waals surface area (Å²) in [6.07, 6.45) is 22.2. The fourth-order valence-corrected chi connectivity index (χ4v) is 3.47. The van der Waals surface area contributed by atoms with Crippen LogP contribution < -0.4 is 0 Å². The molecule has 1 aromatic rings. The Morgan fingerprint density at radius 3 is 1.15 bits per heavy atom. The number of hydrogen-bond donors (Lipinski definition) is 0. The van der Waals surface area contributed by atoms with Gasteiger partial charge in [-0.2, -0.15) is 0 Å². The maximum Gasteiger partial charge on any atom is 0.0336 e. The van der Waals surface area contributed by atoms with Crippen LogP contribution in [-0.2, 0) is 0 Å². The first-order chi connectivity index (χ1) is 12.8. The van der Waals surface area contributed by atoms with Crippen LogP contribution in [0.5, 0.6) is 0 Å². The predicted molar refractivity (Wildman–Crippen MR) is 121 cm³/mol. The normalized spacial score (nSPS) is 11.7. The molecule has 1 aromatic carbocycles. The number of hydrogen-bond acceptors (Lipinski definition) is 0. The van der Waals surface area contributed by atoms with Crippen LogP contribution >= 0.6 is 11.6 Å². The average Bonchev–Trinajstić information content (AvgIpc) is 2.69. The molecule has 0 amide bonds. The summed E-state index contributed by atoms with van der Waals surface area (Å²) in [6.45, 7) is 4.53. The first kappa shape index (κ1) is 25.5. The summed E-state index contributed by atoms with van der Waals surface area (Å²) in [5.41, 5.74) is 0. The van der Waals surface area contributed by atoms with Crippen molar-refractivity contribution in [1.29, 1.82) is 0 Å². The van der Waals surface area contributed by atoms with Crippen molar-refractivity contribution < 1.29 is 0 Å². The molecule has 152 valence electrons. The zero-order chi connectivity index (χ0) is 19.1. The highest BCUT2D eigenvalue weighted by molar-refractivity contribution is 6.20. The summed E-state index contributed by atoms with van der Waals surface area (Å²) in [5, 5.41) is 0.443. The standard InChI is InChI=1S/C19H39Cl.C6H6/c1-3-5-7-8-9-10-11-12-13-14-15-16-18-19(20)17-6-4-2;1-2-4-6-5-3-1/h19H,3-18H2,1-2H3;1-6H.